The molecule has 0 aliphatic heterocycles. The van der Waals surface area contributed by atoms with Gasteiger partial charge < -0.3 is 5.32 Å². The maximum Gasteiger partial charge on any atom is 0.223 e. The van der Waals surface area contributed by atoms with E-state index in [1.165, 1.54) is 11.1 Å². The summed E-state index contributed by atoms with van der Waals surface area (Å²) in [6, 6.07) is 20.9. The highest BCUT2D eigenvalue weighted by molar-refractivity contribution is 5.79. The van der Waals surface area contributed by atoms with Gasteiger partial charge in [0.25, 0.3) is 0 Å². The Morgan fingerprint density at radius 3 is 2.08 bits per heavy atom. The highest BCUT2D eigenvalue weighted by Crippen LogP contribution is 2.31. The summed E-state index contributed by atoms with van der Waals surface area (Å²) in [6.07, 6.45) is 7.12. The Hall–Kier alpha value is -2.35. The number of hydrogen-bond acceptors (Lipinski definition) is 1. The fourth-order valence-corrected chi connectivity index (χ4v) is 3.42. The molecule has 3 rings (SSSR count). The number of rotatable bonds is 5. The first-order valence-corrected chi connectivity index (χ1v) is 8.74. The molecule has 1 atom stereocenters. The second-order valence-corrected chi connectivity index (χ2v) is 6.76. The van der Waals surface area contributed by atoms with Gasteiger partial charge in [-0.1, -0.05) is 72.8 Å². The molecule has 2 nitrogen and oxygen atoms in total. The van der Waals surface area contributed by atoms with E-state index >= 15 is 0 Å². The predicted molar refractivity (Wildman–Crippen MR) is 98.8 cm³/mol. The van der Waals surface area contributed by atoms with E-state index in [1.54, 1.807) is 0 Å². The number of allylic oxidation sites excluding steroid dienone is 2. The van der Waals surface area contributed by atoms with Crippen molar-refractivity contribution in [1.29, 1.82) is 0 Å². The van der Waals surface area contributed by atoms with Crippen LogP contribution in [0.1, 0.15) is 37.3 Å². The Morgan fingerprint density at radius 2 is 1.58 bits per heavy atom. The van der Waals surface area contributed by atoms with Crippen molar-refractivity contribution < 1.29 is 4.79 Å². The second kappa shape index (κ2) is 7.48. The minimum atomic E-state index is -0.233. The van der Waals surface area contributed by atoms with Gasteiger partial charge in [0.1, 0.15) is 0 Å². The molecule has 124 valence electrons. The lowest BCUT2D eigenvalue weighted by Gasteiger charge is -2.32. The van der Waals surface area contributed by atoms with Crippen LogP contribution in [0.15, 0.2) is 72.8 Å². The van der Waals surface area contributed by atoms with Crippen molar-refractivity contribution in [3.8, 4) is 0 Å². The molecule has 1 amide bonds. The maximum absolute atomic E-state index is 12.6. The summed E-state index contributed by atoms with van der Waals surface area (Å²) < 4.78 is 0. The van der Waals surface area contributed by atoms with Gasteiger partial charge in [-0.2, -0.15) is 0 Å². The predicted octanol–water partition coefficient (Wildman–Crippen LogP) is 4.47. The maximum atomic E-state index is 12.6. The minimum absolute atomic E-state index is 0.116. The summed E-state index contributed by atoms with van der Waals surface area (Å²) in [7, 11) is 0. The van der Waals surface area contributed by atoms with Crippen molar-refractivity contribution in [3.63, 3.8) is 0 Å². The Balaban J connectivity index is 1.81. The molecule has 0 fully saturated rings. The van der Waals surface area contributed by atoms with Gasteiger partial charge in [0.15, 0.2) is 0 Å². The number of carbonyl (C=O) groups is 1. The fourth-order valence-electron chi connectivity index (χ4n) is 3.42. The Bertz CT molecular complexity index is 651. The van der Waals surface area contributed by atoms with E-state index in [4.69, 9.17) is 0 Å². The van der Waals surface area contributed by atoms with Crippen LogP contribution in [-0.2, 0) is 10.2 Å². The van der Waals surface area contributed by atoms with Gasteiger partial charge in [0.05, 0.1) is 0 Å². The number of benzene rings is 2. The summed E-state index contributed by atoms with van der Waals surface area (Å²) in [5, 5.41) is 3.22. The van der Waals surface area contributed by atoms with Crippen molar-refractivity contribution in [2.24, 2.45) is 5.92 Å². The Morgan fingerprint density at radius 1 is 1.00 bits per heavy atom. The van der Waals surface area contributed by atoms with Crippen molar-refractivity contribution in [2.45, 2.75) is 31.6 Å². The second-order valence-electron chi connectivity index (χ2n) is 6.76. The first kappa shape index (κ1) is 16.5. The van der Waals surface area contributed by atoms with E-state index in [0.717, 1.165) is 19.3 Å². The lowest BCUT2D eigenvalue weighted by atomic mass is 9.76. The normalized spacial score (nSPS) is 17.5. The number of nitrogens with one attached hydrogen (secondary N) is 1. The molecule has 2 aromatic carbocycles. The molecular weight excluding hydrogens is 294 g/mol. The zero-order valence-corrected chi connectivity index (χ0v) is 14.2. The zero-order chi connectivity index (χ0) is 16.8. The van der Waals surface area contributed by atoms with Crippen LogP contribution in [0.4, 0.5) is 0 Å². The van der Waals surface area contributed by atoms with E-state index in [-0.39, 0.29) is 17.2 Å². The van der Waals surface area contributed by atoms with Crippen LogP contribution in [0.5, 0.6) is 0 Å². The molecule has 0 saturated heterocycles. The molecule has 0 aromatic heterocycles. The largest absolute Gasteiger partial charge is 0.355 e. The third-order valence-electron chi connectivity index (χ3n) is 5.08. The molecule has 0 radical (unpaired) electrons. The standard InChI is InChI=1S/C22H25NO/c1-22(19-13-7-3-8-14-19,20-15-9-4-10-16-20)17-23-21(24)18-11-5-2-6-12-18/h2-5,7-10,13-16,18H,6,11-12,17H2,1H3,(H,23,24). The molecule has 0 bridgehead atoms. The van der Waals surface area contributed by atoms with Gasteiger partial charge in [0.2, 0.25) is 5.91 Å². The summed E-state index contributed by atoms with van der Waals surface area (Å²) in [5.41, 5.74) is 2.21. The van der Waals surface area contributed by atoms with Crippen molar-refractivity contribution in [1.82, 2.24) is 5.32 Å². The zero-order valence-electron chi connectivity index (χ0n) is 14.2. The van der Waals surface area contributed by atoms with Crippen molar-refractivity contribution >= 4 is 5.91 Å². The molecule has 0 spiro atoms. The summed E-state index contributed by atoms with van der Waals surface area (Å²) in [4.78, 5) is 12.6. The highest BCUT2D eigenvalue weighted by Gasteiger charge is 2.30. The van der Waals surface area contributed by atoms with Gasteiger partial charge in [-0.15, -0.1) is 0 Å². The van der Waals surface area contributed by atoms with E-state index in [1.807, 2.05) is 12.1 Å². The molecule has 2 heteroatoms. The average molecular weight is 319 g/mol. The molecule has 1 aliphatic rings. The Labute approximate surface area is 144 Å². The van der Waals surface area contributed by atoms with Crippen LogP contribution in [-0.4, -0.2) is 12.5 Å². The molecule has 24 heavy (non-hydrogen) atoms. The lowest BCUT2D eigenvalue weighted by molar-refractivity contribution is -0.125. The first-order chi connectivity index (χ1) is 11.7. The van der Waals surface area contributed by atoms with E-state index in [9.17, 15) is 4.79 Å². The van der Waals surface area contributed by atoms with Crippen molar-refractivity contribution in [3.05, 3.63) is 83.9 Å². The third-order valence-corrected chi connectivity index (χ3v) is 5.08. The fraction of sp³-hybridized carbons (Fsp3) is 0.318. The van der Waals surface area contributed by atoms with Crippen LogP contribution in [0.2, 0.25) is 0 Å². The van der Waals surface area contributed by atoms with E-state index in [0.29, 0.717) is 6.54 Å². The molecule has 2 aromatic rings. The quantitative estimate of drug-likeness (QED) is 0.810. The number of carbonyl (C=O) groups excluding carboxylic acids is 1. The molecule has 1 unspecified atom stereocenters. The van der Waals surface area contributed by atoms with Crippen LogP contribution in [0.3, 0.4) is 0 Å². The molecule has 1 N–H and O–H groups in total. The molecule has 0 saturated carbocycles. The first-order valence-electron chi connectivity index (χ1n) is 8.74. The van der Waals surface area contributed by atoms with E-state index < -0.39 is 0 Å². The number of amides is 1. The molecular formula is C22H25NO. The smallest absolute Gasteiger partial charge is 0.223 e. The molecule has 0 heterocycles. The highest BCUT2D eigenvalue weighted by atomic mass is 16.1. The van der Waals surface area contributed by atoms with Gasteiger partial charge >= 0.3 is 0 Å². The van der Waals surface area contributed by atoms with Crippen LogP contribution < -0.4 is 5.32 Å². The van der Waals surface area contributed by atoms with Crippen molar-refractivity contribution in [2.75, 3.05) is 6.54 Å². The summed E-state index contributed by atoms with van der Waals surface area (Å²) in [6.45, 7) is 2.82. The SMILES string of the molecule is CC(CNC(=O)C1CC=CCC1)(c1ccccc1)c1ccccc1. The van der Waals surface area contributed by atoms with Gasteiger partial charge in [0, 0.05) is 17.9 Å². The van der Waals surface area contributed by atoms with Gasteiger partial charge in [-0.3, -0.25) is 4.79 Å². The van der Waals surface area contributed by atoms with Gasteiger partial charge in [-0.25, -0.2) is 0 Å². The monoisotopic (exact) mass is 319 g/mol. The minimum Gasteiger partial charge on any atom is -0.355 e. The van der Waals surface area contributed by atoms with Crippen LogP contribution in [0, 0.1) is 5.92 Å². The Kier molecular flexibility index (Phi) is 5.14. The van der Waals surface area contributed by atoms with E-state index in [2.05, 4.69) is 72.9 Å². The number of hydrogen-bond donors (Lipinski definition) is 1. The topological polar surface area (TPSA) is 29.1 Å². The van der Waals surface area contributed by atoms with Crippen LogP contribution in [0.25, 0.3) is 0 Å². The molecule has 1 aliphatic carbocycles. The van der Waals surface area contributed by atoms with Gasteiger partial charge in [-0.05, 0) is 37.3 Å². The summed E-state index contributed by atoms with van der Waals surface area (Å²) in [5.74, 6) is 0.295. The van der Waals surface area contributed by atoms with Crippen LogP contribution >= 0.6 is 0 Å². The lowest BCUT2D eigenvalue weighted by Crippen LogP contribution is -2.42. The summed E-state index contributed by atoms with van der Waals surface area (Å²) >= 11 is 0. The third kappa shape index (κ3) is 3.59. The average Bonchev–Trinajstić information content (AvgIpc) is 2.68.